The maximum Gasteiger partial charge on any atom is 0.270 e. The summed E-state index contributed by atoms with van der Waals surface area (Å²) < 4.78 is 25.8. The third-order valence-electron chi connectivity index (χ3n) is 5.12. The van der Waals surface area contributed by atoms with Gasteiger partial charge in [-0.1, -0.05) is 75.4 Å². The second-order valence-electron chi connectivity index (χ2n) is 7.90. The van der Waals surface area contributed by atoms with Crippen LogP contribution in [0.2, 0.25) is 0 Å². The maximum absolute atomic E-state index is 12.9. The van der Waals surface area contributed by atoms with E-state index in [4.69, 9.17) is 0 Å². The first-order chi connectivity index (χ1) is 14.4. The first-order valence-electron chi connectivity index (χ1n) is 10.3. The SMILES string of the molecule is C=C/C=C\C(C)=C(/C)c1ccc(C(=C)C)c(PC)c1.Cc1ccc(C)c(C(C)(F)F)c1. The van der Waals surface area contributed by atoms with Crippen molar-refractivity contribution in [3.8, 4) is 0 Å². The van der Waals surface area contributed by atoms with E-state index in [0.29, 0.717) is 5.56 Å². The van der Waals surface area contributed by atoms with Gasteiger partial charge < -0.3 is 0 Å². The van der Waals surface area contributed by atoms with E-state index in [-0.39, 0.29) is 5.56 Å². The lowest BCUT2D eigenvalue weighted by Gasteiger charge is -2.13. The zero-order valence-electron chi connectivity index (χ0n) is 19.9. The Labute approximate surface area is 189 Å². The van der Waals surface area contributed by atoms with Gasteiger partial charge in [0, 0.05) is 12.5 Å². The van der Waals surface area contributed by atoms with Crippen LogP contribution in [0.25, 0.3) is 11.1 Å². The molecule has 0 amide bonds. The molecule has 3 heteroatoms. The number of hydrogen-bond donors (Lipinski definition) is 0. The molecule has 0 radical (unpaired) electrons. The lowest BCUT2D eigenvalue weighted by atomic mass is 9.99. The van der Waals surface area contributed by atoms with Crippen molar-refractivity contribution in [2.75, 3.05) is 6.66 Å². The van der Waals surface area contributed by atoms with Gasteiger partial charge in [0.2, 0.25) is 0 Å². The van der Waals surface area contributed by atoms with Crippen molar-refractivity contribution in [1.82, 2.24) is 0 Å². The Morgan fingerprint density at radius 3 is 2.16 bits per heavy atom. The summed E-state index contributed by atoms with van der Waals surface area (Å²) in [4.78, 5) is 0. The van der Waals surface area contributed by atoms with Gasteiger partial charge in [-0.3, -0.25) is 0 Å². The molecule has 0 N–H and O–H groups in total. The highest BCUT2D eigenvalue weighted by atomic mass is 31.1. The van der Waals surface area contributed by atoms with E-state index in [9.17, 15) is 8.78 Å². The number of rotatable bonds is 6. The number of allylic oxidation sites excluding steroid dienone is 6. The van der Waals surface area contributed by atoms with Gasteiger partial charge in [0.15, 0.2) is 0 Å². The molecule has 0 bridgehead atoms. The smallest absolute Gasteiger partial charge is 0.202 e. The zero-order valence-corrected chi connectivity index (χ0v) is 20.9. The van der Waals surface area contributed by atoms with Crippen LogP contribution in [0.4, 0.5) is 8.78 Å². The molecule has 0 spiro atoms. The third-order valence-corrected chi connectivity index (χ3v) is 6.07. The van der Waals surface area contributed by atoms with Gasteiger partial charge in [0.05, 0.1) is 0 Å². The Balaban J connectivity index is 0.000000343. The van der Waals surface area contributed by atoms with Crippen LogP contribution in [0.5, 0.6) is 0 Å². The molecule has 0 aliphatic carbocycles. The molecule has 2 rings (SSSR count). The minimum absolute atomic E-state index is 0.127. The van der Waals surface area contributed by atoms with Crippen molar-refractivity contribution in [1.29, 1.82) is 0 Å². The molecule has 2 aromatic rings. The van der Waals surface area contributed by atoms with Gasteiger partial charge in [-0.15, -0.1) is 0 Å². The Morgan fingerprint density at radius 2 is 1.68 bits per heavy atom. The molecular weight excluding hydrogens is 405 g/mol. The predicted octanol–water partition coefficient (Wildman–Crippen LogP) is 8.60. The average molecular weight is 441 g/mol. The number of benzene rings is 2. The molecule has 0 aromatic heterocycles. The van der Waals surface area contributed by atoms with E-state index >= 15 is 0 Å². The van der Waals surface area contributed by atoms with Crippen LogP contribution in [0, 0.1) is 13.8 Å². The minimum atomic E-state index is -2.73. The first kappa shape index (κ1) is 26.7. The van der Waals surface area contributed by atoms with E-state index in [2.05, 4.69) is 64.9 Å². The lowest BCUT2D eigenvalue weighted by Crippen LogP contribution is -2.09. The van der Waals surface area contributed by atoms with Crippen LogP contribution >= 0.6 is 8.58 Å². The summed E-state index contributed by atoms with van der Waals surface area (Å²) in [6.07, 6.45) is 5.88. The molecule has 0 fully saturated rings. The van der Waals surface area contributed by atoms with E-state index < -0.39 is 5.92 Å². The van der Waals surface area contributed by atoms with E-state index in [1.165, 1.54) is 33.6 Å². The molecule has 166 valence electrons. The summed E-state index contributed by atoms with van der Waals surface area (Å²) in [6.45, 7) is 20.8. The van der Waals surface area contributed by atoms with Crippen molar-refractivity contribution < 1.29 is 8.78 Å². The zero-order chi connectivity index (χ0) is 23.8. The molecule has 0 aliphatic heterocycles. The van der Waals surface area contributed by atoms with Crippen LogP contribution < -0.4 is 5.30 Å². The second kappa shape index (κ2) is 11.9. The van der Waals surface area contributed by atoms with Crippen molar-refractivity contribution in [3.63, 3.8) is 0 Å². The quantitative estimate of drug-likeness (QED) is 0.312. The summed E-state index contributed by atoms with van der Waals surface area (Å²) in [5.41, 5.74) is 7.95. The Morgan fingerprint density at radius 1 is 1.03 bits per heavy atom. The van der Waals surface area contributed by atoms with Gasteiger partial charge in [-0.25, -0.2) is 8.78 Å². The monoisotopic (exact) mass is 440 g/mol. The molecule has 0 aliphatic rings. The molecule has 1 unspecified atom stereocenters. The van der Waals surface area contributed by atoms with Crippen LogP contribution in [0.15, 0.2) is 73.4 Å². The number of hydrogen-bond acceptors (Lipinski definition) is 0. The molecule has 2 aromatic carbocycles. The van der Waals surface area contributed by atoms with Crippen molar-refractivity contribution in [3.05, 3.63) is 101 Å². The van der Waals surface area contributed by atoms with E-state index in [1.54, 1.807) is 19.1 Å². The largest absolute Gasteiger partial charge is 0.270 e. The minimum Gasteiger partial charge on any atom is -0.202 e. The Bertz CT molecular complexity index is 989. The third kappa shape index (κ3) is 8.04. The van der Waals surface area contributed by atoms with Crippen molar-refractivity contribution in [2.24, 2.45) is 0 Å². The summed E-state index contributed by atoms with van der Waals surface area (Å²) in [5, 5.41) is 1.39. The average Bonchev–Trinajstić information content (AvgIpc) is 2.72. The lowest BCUT2D eigenvalue weighted by molar-refractivity contribution is 0.0168. The molecule has 0 heterocycles. The summed E-state index contributed by atoms with van der Waals surface area (Å²) in [7, 11) is 0.788. The van der Waals surface area contributed by atoms with Crippen molar-refractivity contribution in [2.45, 2.75) is 47.5 Å². The standard InChI is InChI=1S/C18H23P.C10H12F2/c1-7-8-9-14(4)15(5)16-10-11-17(13(2)3)18(12-16)19-6;1-7-4-5-8(2)9(6-7)10(3,11)12/h7-12,19H,1-2H2,3-6H3;4-6H,1-3H3/b9-8-,15-14+;. The molecule has 1 atom stereocenters. The molecule has 31 heavy (non-hydrogen) atoms. The fraction of sp³-hybridized carbons (Fsp3) is 0.286. The second-order valence-corrected chi connectivity index (χ2v) is 8.94. The molecule has 0 saturated heterocycles. The Hall–Kier alpha value is -2.31. The summed E-state index contributed by atoms with van der Waals surface area (Å²) in [5.74, 6) is -2.73. The Kier molecular flexibility index (Phi) is 10.3. The highest BCUT2D eigenvalue weighted by Crippen LogP contribution is 2.30. The van der Waals surface area contributed by atoms with Gasteiger partial charge >= 0.3 is 0 Å². The van der Waals surface area contributed by atoms with Gasteiger partial charge in [0.1, 0.15) is 0 Å². The molecular formula is C28H35F2P. The van der Waals surface area contributed by atoms with Crippen LogP contribution in [-0.2, 0) is 5.92 Å². The summed E-state index contributed by atoms with van der Waals surface area (Å²) >= 11 is 0. The molecule has 0 nitrogen and oxygen atoms in total. The first-order valence-corrected chi connectivity index (χ1v) is 11.8. The number of aryl methyl sites for hydroxylation is 2. The van der Waals surface area contributed by atoms with Crippen LogP contribution in [0.3, 0.4) is 0 Å². The van der Waals surface area contributed by atoms with Gasteiger partial charge in [-0.2, -0.15) is 0 Å². The summed E-state index contributed by atoms with van der Waals surface area (Å²) in [6, 6.07) is 11.8. The highest BCUT2D eigenvalue weighted by molar-refractivity contribution is 7.46. The van der Waals surface area contributed by atoms with Crippen LogP contribution in [0.1, 0.15) is 55.5 Å². The van der Waals surface area contributed by atoms with E-state index in [1.807, 2.05) is 19.1 Å². The van der Waals surface area contributed by atoms with Gasteiger partial charge in [-0.05, 0) is 86.6 Å². The number of halogens is 2. The normalized spacial score (nSPS) is 12.5. The van der Waals surface area contributed by atoms with Crippen LogP contribution in [-0.4, -0.2) is 6.66 Å². The topological polar surface area (TPSA) is 0 Å². The van der Waals surface area contributed by atoms with Crippen molar-refractivity contribution >= 4 is 25.0 Å². The van der Waals surface area contributed by atoms with Gasteiger partial charge in [0.25, 0.3) is 5.92 Å². The molecule has 0 saturated carbocycles. The van der Waals surface area contributed by atoms with E-state index in [0.717, 1.165) is 26.6 Å². The maximum atomic E-state index is 12.9. The fourth-order valence-electron chi connectivity index (χ4n) is 3.13. The number of alkyl halides is 2. The fourth-order valence-corrected chi connectivity index (χ4v) is 4.00. The highest BCUT2D eigenvalue weighted by Gasteiger charge is 2.25. The predicted molar refractivity (Wildman–Crippen MR) is 138 cm³/mol.